The van der Waals surface area contributed by atoms with Crippen LogP contribution >= 0.6 is 23.4 Å². The molecule has 0 saturated carbocycles. The summed E-state index contributed by atoms with van der Waals surface area (Å²) < 4.78 is 7.72. The fourth-order valence-corrected chi connectivity index (χ4v) is 3.38. The van der Waals surface area contributed by atoms with Crippen LogP contribution in [-0.2, 0) is 7.05 Å². The zero-order valence-corrected chi connectivity index (χ0v) is 15.0. The van der Waals surface area contributed by atoms with Crippen LogP contribution in [0.25, 0.3) is 22.9 Å². The molecule has 0 saturated heterocycles. The first-order valence-electron chi connectivity index (χ1n) is 7.53. The highest BCUT2D eigenvalue weighted by molar-refractivity contribution is 7.99. The molecule has 2 aromatic heterocycles. The van der Waals surface area contributed by atoms with Crippen molar-refractivity contribution in [1.29, 1.82) is 0 Å². The van der Waals surface area contributed by atoms with Crippen molar-refractivity contribution in [3.8, 4) is 22.9 Å². The number of halogens is 1. The first-order chi connectivity index (χ1) is 12.1. The molecule has 0 aliphatic carbocycles. The number of nitrogens with zero attached hydrogens (tertiary/aromatic N) is 4. The summed E-state index contributed by atoms with van der Waals surface area (Å²) in [7, 11) is 1.88. The third-order valence-corrected chi connectivity index (χ3v) is 4.91. The van der Waals surface area contributed by atoms with Crippen LogP contribution in [0.1, 0.15) is 6.42 Å². The number of rotatable bonds is 7. The maximum Gasteiger partial charge on any atom is 0.269 e. The summed E-state index contributed by atoms with van der Waals surface area (Å²) >= 11 is 7.28. The highest BCUT2D eigenvalue weighted by Crippen LogP contribution is 2.30. The summed E-state index contributed by atoms with van der Waals surface area (Å²) in [6.45, 7) is 0. The van der Waals surface area contributed by atoms with Crippen molar-refractivity contribution in [3.63, 3.8) is 0 Å². The van der Waals surface area contributed by atoms with Gasteiger partial charge in [0.2, 0.25) is 0 Å². The summed E-state index contributed by atoms with van der Waals surface area (Å²) in [5.74, 6) is 3.33. The molecule has 0 atom stereocenters. The van der Waals surface area contributed by atoms with Gasteiger partial charge in [-0.25, -0.2) is 0 Å². The first-order valence-corrected chi connectivity index (χ1v) is 9.05. The number of benzene rings is 1. The predicted molar refractivity (Wildman–Crippen MR) is 96.9 cm³/mol. The van der Waals surface area contributed by atoms with E-state index in [1.807, 2.05) is 23.7 Å². The summed E-state index contributed by atoms with van der Waals surface area (Å²) in [6.07, 6.45) is 0.902. The number of alkyl halides is 1. The molecule has 0 unspecified atom stereocenters. The lowest BCUT2D eigenvalue weighted by atomic mass is 10.1. The van der Waals surface area contributed by atoms with Gasteiger partial charge >= 0.3 is 0 Å². The molecule has 0 amide bonds. The van der Waals surface area contributed by atoms with Gasteiger partial charge in [0, 0.05) is 36.4 Å². The normalized spacial score (nSPS) is 11.0. The quantitative estimate of drug-likeness (QED) is 0.199. The molecule has 130 valence electrons. The van der Waals surface area contributed by atoms with E-state index in [4.69, 9.17) is 16.0 Å². The maximum atomic E-state index is 10.7. The average Bonchev–Trinajstić information content (AvgIpc) is 3.23. The molecule has 0 aliphatic heterocycles. The van der Waals surface area contributed by atoms with E-state index < -0.39 is 4.92 Å². The van der Waals surface area contributed by atoms with Gasteiger partial charge < -0.3 is 8.98 Å². The van der Waals surface area contributed by atoms with Gasteiger partial charge in [-0.2, -0.15) is 0 Å². The number of aromatic nitrogens is 3. The van der Waals surface area contributed by atoms with Gasteiger partial charge in [0.25, 0.3) is 5.69 Å². The van der Waals surface area contributed by atoms with Gasteiger partial charge in [0.15, 0.2) is 16.7 Å². The second-order valence-electron chi connectivity index (χ2n) is 5.22. The molecule has 0 spiro atoms. The maximum absolute atomic E-state index is 10.7. The lowest BCUT2D eigenvalue weighted by molar-refractivity contribution is -0.384. The number of nitro groups is 1. The molecule has 25 heavy (non-hydrogen) atoms. The van der Waals surface area contributed by atoms with E-state index in [1.54, 1.807) is 23.9 Å². The lowest BCUT2D eigenvalue weighted by Gasteiger charge is -2.01. The second-order valence-corrected chi connectivity index (χ2v) is 6.66. The number of non-ortho nitro benzene ring substituents is 1. The molecule has 3 rings (SSSR count). The van der Waals surface area contributed by atoms with Crippen molar-refractivity contribution < 1.29 is 9.34 Å². The number of hydrogen-bond donors (Lipinski definition) is 0. The SMILES string of the molecule is Cn1c(SCCCCl)nnc1-c1ccc(-c2ccc([N+](=O)[O-])cc2)o1. The average molecular weight is 379 g/mol. The molecule has 3 aromatic rings. The van der Waals surface area contributed by atoms with E-state index in [-0.39, 0.29) is 5.69 Å². The van der Waals surface area contributed by atoms with Gasteiger partial charge in [0.05, 0.1) is 4.92 Å². The van der Waals surface area contributed by atoms with Crippen LogP contribution in [0.15, 0.2) is 46.0 Å². The Morgan fingerprint density at radius 2 is 1.92 bits per heavy atom. The minimum absolute atomic E-state index is 0.0439. The highest BCUT2D eigenvalue weighted by atomic mass is 35.5. The van der Waals surface area contributed by atoms with Crippen LogP contribution < -0.4 is 0 Å². The predicted octanol–water partition coefficient (Wildman–Crippen LogP) is 4.37. The molecule has 0 aliphatic rings. The lowest BCUT2D eigenvalue weighted by Crippen LogP contribution is -1.94. The molecule has 9 heteroatoms. The Kier molecular flexibility index (Phi) is 5.40. The van der Waals surface area contributed by atoms with Crippen LogP contribution in [0, 0.1) is 10.1 Å². The van der Waals surface area contributed by atoms with E-state index >= 15 is 0 Å². The smallest absolute Gasteiger partial charge is 0.269 e. The van der Waals surface area contributed by atoms with Gasteiger partial charge in [-0.05, 0) is 30.7 Å². The van der Waals surface area contributed by atoms with Gasteiger partial charge in [0.1, 0.15) is 5.76 Å². The summed E-state index contributed by atoms with van der Waals surface area (Å²) in [5.41, 5.74) is 0.804. The van der Waals surface area contributed by atoms with Crippen molar-refractivity contribution in [2.75, 3.05) is 11.6 Å². The minimum atomic E-state index is -0.430. The molecule has 0 N–H and O–H groups in total. The van der Waals surface area contributed by atoms with Gasteiger partial charge in [-0.1, -0.05) is 11.8 Å². The fraction of sp³-hybridized carbons (Fsp3) is 0.250. The van der Waals surface area contributed by atoms with Crippen molar-refractivity contribution >= 4 is 29.1 Å². The molecule has 2 heterocycles. The van der Waals surface area contributed by atoms with Crippen molar-refractivity contribution in [2.24, 2.45) is 7.05 Å². The Balaban J connectivity index is 1.80. The van der Waals surface area contributed by atoms with Crippen molar-refractivity contribution in [3.05, 3.63) is 46.5 Å². The topological polar surface area (TPSA) is 87.0 Å². The van der Waals surface area contributed by atoms with E-state index in [2.05, 4.69) is 10.2 Å². The molecule has 7 nitrogen and oxygen atoms in total. The molecular weight excluding hydrogens is 364 g/mol. The zero-order valence-electron chi connectivity index (χ0n) is 13.4. The van der Waals surface area contributed by atoms with Crippen molar-refractivity contribution in [2.45, 2.75) is 11.6 Å². The monoisotopic (exact) mass is 378 g/mol. The molecule has 0 bridgehead atoms. The summed E-state index contributed by atoms with van der Waals surface area (Å²) in [4.78, 5) is 10.3. The van der Waals surface area contributed by atoms with E-state index in [1.165, 1.54) is 12.1 Å². The Morgan fingerprint density at radius 3 is 2.60 bits per heavy atom. The second kappa shape index (κ2) is 7.71. The van der Waals surface area contributed by atoms with Crippen LogP contribution in [0.4, 0.5) is 5.69 Å². The fourth-order valence-electron chi connectivity index (χ4n) is 2.23. The van der Waals surface area contributed by atoms with E-state index in [0.29, 0.717) is 23.2 Å². The van der Waals surface area contributed by atoms with E-state index in [9.17, 15) is 10.1 Å². The molecule has 1 aromatic carbocycles. The first kappa shape index (κ1) is 17.5. The number of thioether (sulfide) groups is 1. The Morgan fingerprint density at radius 1 is 1.20 bits per heavy atom. The molecule has 0 fully saturated rings. The van der Waals surface area contributed by atoms with Gasteiger partial charge in [-0.3, -0.25) is 10.1 Å². The van der Waals surface area contributed by atoms with Crippen LogP contribution in [0.2, 0.25) is 0 Å². The van der Waals surface area contributed by atoms with Crippen LogP contribution in [0.5, 0.6) is 0 Å². The third kappa shape index (κ3) is 3.85. The summed E-state index contributed by atoms with van der Waals surface area (Å²) in [5, 5.41) is 19.9. The third-order valence-electron chi connectivity index (χ3n) is 3.53. The largest absolute Gasteiger partial charge is 0.453 e. The van der Waals surface area contributed by atoms with Crippen molar-refractivity contribution in [1.82, 2.24) is 14.8 Å². The Hall–Kier alpha value is -2.32. The minimum Gasteiger partial charge on any atom is -0.453 e. The standard InChI is InChI=1S/C16H15ClN4O3S/c1-20-15(18-19-16(20)25-10-2-9-17)14-8-7-13(24-14)11-3-5-12(6-4-11)21(22)23/h3-8H,2,9-10H2,1H3. The van der Waals surface area contributed by atoms with Gasteiger partial charge in [-0.15, -0.1) is 21.8 Å². The number of hydrogen-bond acceptors (Lipinski definition) is 6. The number of nitro benzene ring substituents is 1. The number of furan rings is 1. The van der Waals surface area contributed by atoms with E-state index in [0.717, 1.165) is 22.9 Å². The molecular formula is C16H15ClN4O3S. The Labute approximate surface area is 153 Å². The molecule has 0 radical (unpaired) electrons. The van der Waals surface area contributed by atoms with Crippen LogP contribution in [0.3, 0.4) is 0 Å². The zero-order chi connectivity index (χ0) is 17.8. The Bertz CT molecular complexity index is 876. The highest BCUT2D eigenvalue weighted by Gasteiger charge is 2.15. The van der Waals surface area contributed by atoms with Crippen LogP contribution in [-0.4, -0.2) is 31.3 Å². The summed E-state index contributed by atoms with van der Waals surface area (Å²) in [6, 6.07) is 9.84.